The molecule has 0 aliphatic rings. The summed E-state index contributed by atoms with van der Waals surface area (Å²) in [4.78, 5) is 24.6. The van der Waals surface area contributed by atoms with Crippen molar-refractivity contribution in [2.45, 2.75) is 6.18 Å². The maximum atomic E-state index is 12.9. The van der Waals surface area contributed by atoms with Crippen LogP contribution < -0.4 is 11.2 Å². The van der Waals surface area contributed by atoms with Gasteiger partial charge in [0.05, 0.1) is 5.69 Å². The predicted octanol–water partition coefficient (Wildman–Crippen LogP) is 1.70. The second-order valence-corrected chi connectivity index (χ2v) is 4.53. The first-order valence-corrected chi connectivity index (χ1v) is 6.06. The van der Waals surface area contributed by atoms with E-state index < -0.39 is 34.2 Å². The van der Waals surface area contributed by atoms with Crippen LogP contribution in [-0.4, -0.2) is 14.3 Å². The zero-order valence-electron chi connectivity index (χ0n) is 11.1. The van der Waals surface area contributed by atoms with Gasteiger partial charge in [0.2, 0.25) is 11.4 Å². The normalized spacial score (nSPS) is 12.0. The van der Waals surface area contributed by atoms with Gasteiger partial charge < -0.3 is 4.52 Å². The molecule has 2 heterocycles. The summed E-state index contributed by atoms with van der Waals surface area (Å²) in [6.07, 6.45) is -4.86. The third-order valence-electron chi connectivity index (χ3n) is 3.16. The van der Waals surface area contributed by atoms with E-state index in [0.29, 0.717) is 4.57 Å². The molecule has 0 spiro atoms. The Balaban J connectivity index is 2.51. The van der Waals surface area contributed by atoms with Crippen LogP contribution in [0.4, 0.5) is 13.2 Å². The molecule has 114 valence electrons. The van der Waals surface area contributed by atoms with Crippen molar-refractivity contribution in [2.24, 2.45) is 7.05 Å². The maximum absolute atomic E-state index is 12.9. The molecule has 0 fully saturated rings. The Kier molecular flexibility index (Phi) is 2.94. The Bertz CT molecular complexity index is 968. The monoisotopic (exact) mass is 311 g/mol. The van der Waals surface area contributed by atoms with Crippen molar-refractivity contribution in [2.75, 3.05) is 0 Å². The highest BCUT2D eigenvalue weighted by Crippen LogP contribution is 2.31. The minimum atomic E-state index is -4.86. The highest BCUT2D eigenvalue weighted by Gasteiger charge is 2.39. The summed E-state index contributed by atoms with van der Waals surface area (Å²) in [6, 6.07) is 7.65. The number of para-hydroxylation sites is 1. The van der Waals surface area contributed by atoms with Gasteiger partial charge in [-0.05, 0) is 12.1 Å². The zero-order valence-corrected chi connectivity index (χ0v) is 11.1. The van der Waals surface area contributed by atoms with E-state index in [1.165, 1.54) is 19.2 Å². The van der Waals surface area contributed by atoms with E-state index in [4.69, 9.17) is 0 Å². The van der Waals surface area contributed by atoms with Crippen molar-refractivity contribution in [3.63, 3.8) is 0 Å². The Morgan fingerprint density at radius 1 is 1.14 bits per heavy atom. The van der Waals surface area contributed by atoms with Gasteiger partial charge in [0, 0.05) is 7.05 Å². The second kappa shape index (κ2) is 4.58. The van der Waals surface area contributed by atoms with Gasteiger partial charge in [-0.2, -0.15) is 13.2 Å². The first-order valence-electron chi connectivity index (χ1n) is 6.06. The largest absolute Gasteiger partial charge is 0.437 e. The quantitative estimate of drug-likeness (QED) is 0.686. The number of hydrogen-bond donors (Lipinski definition) is 0. The van der Waals surface area contributed by atoms with Gasteiger partial charge in [-0.15, -0.1) is 0 Å². The fraction of sp³-hybridized carbons (Fsp3) is 0.154. The van der Waals surface area contributed by atoms with Crippen molar-refractivity contribution in [1.82, 2.24) is 14.3 Å². The molecule has 3 rings (SSSR count). The van der Waals surface area contributed by atoms with Crippen molar-refractivity contribution in [3.05, 3.63) is 56.9 Å². The van der Waals surface area contributed by atoms with Crippen LogP contribution in [-0.2, 0) is 13.2 Å². The third kappa shape index (κ3) is 1.93. The number of fused-ring (bicyclic) bond motifs is 1. The fourth-order valence-electron chi connectivity index (χ4n) is 2.14. The maximum Gasteiger partial charge on any atom is 0.437 e. The molecule has 1 aromatic carbocycles. The minimum absolute atomic E-state index is 0.157. The summed E-state index contributed by atoms with van der Waals surface area (Å²) < 4.78 is 44.8. The van der Waals surface area contributed by atoms with Gasteiger partial charge in [0.1, 0.15) is 5.39 Å². The number of aromatic nitrogens is 3. The molecule has 0 unspecified atom stereocenters. The molecular weight excluding hydrogens is 303 g/mol. The lowest BCUT2D eigenvalue weighted by Crippen LogP contribution is -2.38. The smallest absolute Gasteiger partial charge is 0.337 e. The summed E-state index contributed by atoms with van der Waals surface area (Å²) in [7, 11) is 1.20. The van der Waals surface area contributed by atoms with Crippen LogP contribution in [0.5, 0.6) is 0 Å². The van der Waals surface area contributed by atoms with Crippen LogP contribution in [0.25, 0.3) is 16.8 Å². The van der Waals surface area contributed by atoms with Crippen LogP contribution in [0.15, 0.2) is 44.4 Å². The first-order chi connectivity index (χ1) is 10.3. The number of halogens is 3. The highest BCUT2D eigenvalue weighted by atomic mass is 19.4. The molecule has 22 heavy (non-hydrogen) atoms. The summed E-state index contributed by atoms with van der Waals surface area (Å²) in [5.74, 6) is 0. The summed E-state index contributed by atoms with van der Waals surface area (Å²) in [5, 5.41) is 2.11. The Morgan fingerprint density at radius 3 is 2.36 bits per heavy atom. The van der Waals surface area contributed by atoms with Gasteiger partial charge in [-0.25, -0.2) is 9.36 Å². The molecule has 6 nitrogen and oxygen atoms in total. The number of alkyl halides is 3. The number of hydrogen-bond acceptors (Lipinski definition) is 4. The van der Waals surface area contributed by atoms with E-state index in [0.717, 1.165) is 4.57 Å². The molecule has 0 saturated carbocycles. The molecule has 9 heteroatoms. The van der Waals surface area contributed by atoms with Crippen LogP contribution in [0.2, 0.25) is 0 Å². The number of benzene rings is 1. The molecule has 0 N–H and O–H groups in total. The number of aryl methyl sites for hydroxylation is 1. The molecule has 2 aromatic heterocycles. The first kappa shape index (κ1) is 14.1. The molecule has 0 atom stereocenters. The summed E-state index contributed by atoms with van der Waals surface area (Å²) in [6.45, 7) is 0. The predicted molar refractivity (Wildman–Crippen MR) is 69.8 cm³/mol. The lowest BCUT2D eigenvalue weighted by molar-refractivity contribution is -0.141. The number of rotatable bonds is 1. The minimum Gasteiger partial charge on any atom is -0.337 e. The number of nitrogens with zero attached hydrogens (tertiary/aromatic N) is 3. The molecule has 0 aliphatic heterocycles. The van der Waals surface area contributed by atoms with Crippen molar-refractivity contribution in [1.29, 1.82) is 0 Å². The van der Waals surface area contributed by atoms with E-state index in [9.17, 15) is 22.8 Å². The van der Waals surface area contributed by atoms with Gasteiger partial charge in [0.15, 0.2) is 0 Å². The van der Waals surface area contributed by atoms with Crippen molar-refractivity contribution in [3.8, 4) is 5.69 Å². The standard InChI is InChI=1S/C13H8F3N3O3/c1-18-11-8(9(17-22-11)13(14,15)16)10(20)19(12(18)21)7-5-3-2-4-6-7/h2-6H,1H3. The SMILES string of the molecule is Cn1c(=O)n(-c2ccccc2)c(=O)c2c(C(F)(F)F)noc21. The van der Waals surface area contributed by atoms with Crippen LogP contribution in [0.1, 0.15) is 5.69 Å². The Hall–Kier alpha value is -2.84. The summed E-state index contributed by atoms with van der Waals surface area (Å²) in [5.41, 5.74) is -3.77. The van der Waals surface area contributed by atoms with Crippen LogP contribution >= 0.6 is 0 Å². The topological polar surface area (TPSA) is 70.0 Å². The van der Waals surface area contributed by atoms with E-state index in [1.807, 2.05) is 0 Å². The zero-order chi connectivity index (χ0) is 16.1. The summed E-state index contributed by atoms with van der Waals surface area (Å²) >= 11 is 0. The molecule has 3 aromatic rings. The van der Waals surface area contributed by atoms with Crippen LogP contribution in [0.3, 0.4) is 0 Å². The molecule has 0 radical (unpaired) electrons. The third-order valence-corrected chi connectivity index (χ3v) is 3.16. The van der Waals surface area contributed by atoms with Gasteiger partial charge >= 0.3 is 11.9 Å². The van der Waals surface area contributed by atoms with Gasteiger partial charge in [-0.3, -0.25) is 9.36 Å². The lowest BCUT2D eigenvalue weighted by Gasteiger charge is -2.08. The fourth-order valence-corrected chi connectivity index (χ4v) is 2.14. The molecule has 0 aliphatic carbocycles. The molecular formula is C13H8F3N3O3. The highest BCUT2D eigenvalue weighted by molar-refractivity contribution is 5.76. The van der Waals surface area contributed by atoms with E-state index >= 15 is 0 Å². The van der Waals surface area contributed by atoms with Crippen molar-refractivity contribution < 1.29 is 17.7 Å². The van der Waals surface area contributed by atoms with E-state index in [2.05, 4.69) is 9.68 Å². The molecule has 0 amide bonds. The Labute approximate surface area is 120 Å². The van der Waals surface area contributed by atoms with Gasteiger partial charge in [-0.1, -0.05) is 23.4 Å². The Morgan fingerprint density at radius 2 is 1.77 bits per heavy atom. The van der Waals surface area contributed by atoms with E-state index in [-0.39, 0.29) is 5.69 Å². The van der Waals surface area contributed by atoms with Gasteiger partial charge in [0.25, 0.3) is 5.56 Å². The lowest BCUT2D eigenvalue weighted by atomic mass is 10.2. The molecule has 0 bridgehead atoms. The average Bonchev–Trinajstić information content (AvgIpc) is 2.92. The average molecular weight is 311 g/mol. The van der Waals surface area contributed by atoms with E-state index in [1.54, 1.807) is 18.2 Å². The second-order valence-electron chi connectivity index (χ2n) is 4.53. The van der Waals surface area contributed by atoms with Crippen molar-refractivity contribution >= 4 is 11.1 Å². The molecule has 0 saturated heterocycles. The van der Waals surface area contributed by atoms with Crippen LogP contribution in [0, 0.1) is 0 Å².